The van der Waals surface area contributed by atoms with Crippen molar-refractivity contribution in [3.63, 3.8) is 0 Å². The average Bonchev–Trinajstić information content (AvgIpc) is 2.90. The molecule has 2 aromatic rings. The average molecular weight is 308 g/mol. The van der Waals surface area contributed by atoms with E-state index in [9.17, 15) is 25.0 Å². The molecule has 0 aliphatic heterocycles. The molecule has 0 aliphatic carbocycles. The maximum atomic E-state index is 12.0. The number of rotatable bonds is 4. The quantitative estimate of drug-likeness (QED) is 0.682. The Morgan fingerprint density at radius 3 is 2.24 bits per heavy atom. The minimum Gasteiger partial charge on any atom is -0.298 e. The van der Waals surface area contributed by atoms with E-state index in [1.807, 2.05) is 0 Å². The number of hydrogen-bond acceptors (Lipinski definition) is 7. The Morgan fingerprint density at radius 2 is 1.81 bits per heavy atom. The Balaban J connectivity index is 2.46. The van der Waals surface area contributed by atoms with Crippen LogP contribution in [-0.2, 0) is 0 Å². The SMILES string of the molecule is Cc1c([N+](=O)[O-])cc(C(=O)Nc2nccs2)cc1[N+](=O)[O-]. The minimum atomic E-state index is -0.761. The zero-order valence-electron chi connectivity index (χ0n) is 10.6. The predicted octanol–water partition coefficient (Wildman–Crippen LogP) is 2.52. The lowest BCUT2D eigenvalue weighted by atomic mass is 10.1. The van der Waals surface area contributed by atoms with Crippen LogP contribution in [0.1, 0.15) is 15.9 Å². The molecule has 0 fully saturated rings. The van der Waals surface area contributed by atoms with Gasteiger partial charge in [0.1, 0.15) is 5.56 Å². The van der Waals surface area contributed by atoms with Gasteiger partial charge in [0.15, 0.2) is 5.13 Å². The molecule has 108 valence electrons. The topological polar surface area (TPSA) is 128 Å². The monoisotopic (exact) mass is 308 g/mol. The first-order chi connectivity index (χ1) is 9.90. The van der Waals surface area contributed by atoms with E-state index in [0.717, 1.165) is 23.5 Å². The number of nitrogens with one attached hydrogen (secondary N) is 1. The first-order valence-electron chi connectivity index (χ1n) is 5.54. The van der Waals surface area contributed by atoms with Crippen molar-refractivity contribution < 1.29 is 14.6 Å². The van der Waals surface area contributed by atoms with Crippen LogP contribution in [0, 0.1) is 27.2 Å². The Bertz CT molecular complexity index is 693. The van der Waals surface area contributed by atoms with Crippen molar-refractivity contribution in [3.8, 4) is 0 Å². The third kappa shape index (κ3) is 3.00. The lowest BCUT2D eigenvalue weighted by molar-refractivity contribution is -0.395. The number of nitro benzene ring substituents is 2. The summed E-state index contributed by atoms with van der Waals surface area (Å²) in [5.41, 5.74) is -1.23. The second-order valence-electron chi connectivity index (χ2n) is 3.95. The second kappa shape index (κ2) is 5.63. The van der Waals surface area contributed by atoms with Gasteiger partial charge in [-0.3, -0.25) is 30.3 Å². The molecule has 1 N–H and O–H groups in total. The van der Waals surface area contributed by atoms with E-state index in [1.54, 1.807) is 5.38 Å². The van der Waals surface area contributed by atoms with Gasteiger partial charge in [0.25, 0.3) is 17.3 Å². The zero-order valence-corrected chi connectivity index (χ0v) is 11.4. The number of benzene rings is 1. The zero-order chi connectivity index (χ0) is 15.6. The number of carbonyl (C=O) groups excluding carboxylic acids is 1. The van der Waals surface area contributed by atoms with Gasteiger partial charge >= 0.3 is 0 Å². The van der Waals surface area contributed by atoms with Gasteiger partial charge in [-0.05, 0) is 6.92 Å². The number of carbonyl (C=O) groups is 1. The standard InChI is InChI=1S/C11H8N4O5S/c1-6-8(14(17)18)4-7(5-9(6)15(19)20)10(16)13-11-12-2-3-21-11/h2-5H,1H3,(H,12,13,16). The summed E-state index contributed by atoms with van der Waals surface area (Å²) in [5, 5.41) is 26.2. The lowest BCUT2D eigenvalue weighted by Gasteiger charge is -2.04. The van der Waals surface area contributed by atoms with Crippen molar-refractivity contribution in [1.82, 2.24) is 4.98 Å². The Hall–Kier alpha value is -2.88. The molecule has 0 bridgehead atoms. The molecule has 1 aromatic carbocycles. The Labute approximate surface area is 121 Å². The van der Waals surface area contributed by atoms with Crippen molar-refractivity contribution in [1.29, 1.82) is 0 Å². The van der Waals surface area contributed by atoms with Crippen LogP contribution in [0.25, 0.3) is 0 Å². The Morgan fingerprint density at radius 1 is 1.24 bits per heavy atom. The number of nitro groups is 2. The number of aromatic nitrogens is 1. The summed E-state index contributed by atoms with van der Waals surface area (Å²) in [7, 11) is 0. The third-order valence-electron chi connectivity index (χ3n) is 2.66. The largest absolute Gasteiger partial charge is 0.298 e. The highest BCUT2D eigenvalue weighted by molar-refractivity contribution is 7.13. The van der Waals surface area contributed by atoms with Crippen LogP contribution in [0.3, 0.4) is 0 Å². The predicted molar refractivity (Wildman–Crippen MR) is 74.6 cm³/mol. The fourth-order valence-corrected chi connectivity index (χ4v) is 2.17. The fourth-order valence-electron chi connectivity index (χ4n) is 1.65. The van der Waals surface area contributed by atoms with Crippen LogP contribution in [-0.4, -0.2) is 20.7 Å². The highest BCUT2D eigenvalue weighted by Crippen LogP contribution is 2.29. The summed E-state index contributed by atoms with van der Waals surface area (Å²) >= 11 is 1.16. The van der Waals surface area contributed by atoms with Gasteiger partial charge in [-0.1, -0.05) is 0 Å². The molecule has 0 aliphatic rings. The molecule has 1 amide bonds. The number of hydrogen-bond donors (Lipinski definition) is 1. The van der Waals surface area contributed by atoms with E-state index < -0.39 is 27.1 Å². The van der Waals surface area contributed by atoms with E-state index in [2.05, 4.69) is 10.3 Å². The van der Waals surface area contributed by atoms with E-state index in [0.29, 0.717) is 5.13 Å². The molecular weight excluding hydrogens is 300 g/mol. The maximum absolute atomic E-state index is 12.0. The number of amides is 1. The summed E-state index contributed by atoms with van der Waals surface area (Å²) in [4.78, 5) is 36.2. The number of anilines is 1. The summed E-state index contributed by atoms with van der Waals surface area (Å²) in [6, 6.07) is 2.01. The van der Waals surface area contributed by atoms with E-state index in [1.165, 1.54) is 13.1 Å². The summed E-state index contributed by atoms with van der Waals surface area (Å²) in [6.07, 6.45) is 1.47. The molecule has 21 heavy (non-hydrogen) atoms. The number of thiazole rings is 1. The first kappa shape index (κ1) is 14.5. The van der Waals surface area contributed by atoms with Crippen LogP contribution in [0.2, 0.25) is 0 Å². The van der Waals surface area contributed by atoms with Crippen LogP contribution in [0.15, 0.2) is 23.7 Å². The van der Waals surface area contributed by atoms with Gasteiger partial charge < -0.3 is 0 Å². The maximum Gasteiger partial charge on any atom is 0.279 e. The fraction of sp³-hybridized carbons (Fsp3) is 0.0909. The molecule has 0 atom stereocenters. The van der Waals surface area contributed by atoms with Crippen LogP contribution in [0.5, 0.6) is 0 Å². The summed E-state index contributed by atoms with van der Waals surface area (Å²) < 4.78 is 0. The van der Waals surface area contributed by atoms with Gasteiger partial charge in [-0.15, -0.1) is 11.3 Å². The number of nitrogens with zero attached hydrogens (tertiary/aromatic N) is 3. The molecule has 10 heteroatoms. The third-order valence-corrected chi connectivity index (χ3v) is 3.35. The van der Waals surface area contributed by atoms with Gasteiger partial charge in [-0.2, -0.15) is 0 Å². The smallest absolute Gasteiger partial charge is 0.279 e. The molecule has 0 unspecified atom stereocenters. The molecule has 2 rings (SSSR count). The minimum absolute atomic E-state index is 0.101. The van der Waals surface area contributed by atoms with Gasteiger partial charge in [0.2, 0.25) is 0 Å². The highest BCUT2D eigenvalue weighted by Gasteiger charge is 2.25. The molecule has 1 aromatic heterocycles. The lowest BCUT2D eigenvalue weighted by Crippen LogP contribution is -2.13. The summed E-state index contributed by atoms with van der Waals surface area (Å²) in [5.74, 6) is -0.698. The van der Waals surface area contributed by atoms with E-state index in [4.69, 9.17) is 0 Å². The van der Waals surface area contributed by atoms with Gasteiger partial charge in [0.05, 0.1) is 15.4 Å². The molecule has 0 saturated heterocycles. The molecule has 1 heterocycles. The normalized spacial score (nSPS) is 10.1. The van der Waals surface area contributed by atoms with E-state index >= 15 is 0 Å². The van der Waals surface area contributed by atoms with Crippen LogP contribution in [0.4, 0.5) is 16.5 Å². The summed E-state index contributed by atoms with van der Waals surface area (Å²) in [6.45, 7) is 1.26. The molecule has 0 saturated carbocycles. The Kier molecular flexibility index (Phi) is 3.89. The molecule has 9 nitrogen and oxygen atoms in total. The van der Waals surface area contributed by atoms with Gasteiger partial charge in [-0.25, -0.2) is 4.98 Å². The van der Waals surface area contributed by atoms with Crippen molar-refractivity contribution in [2.24, 2.45) is 0 Å². The van der Waals surface area contributed by atoms with Crippen LogP contribution >= 0.6 is 11.3 Å². The molecule has 0 spiro atoms. The van der Waals surface area contributed by atoms with Crippen LogP contribution < -0.4 is 5.32 Å². The molecular formula is C11H8N4O5S. The van der Waals surface area contributed by atoms with Gasteiger partial charge in [0, 0.05) is 23.7 Å². The van der Waals surface area contributed by atoms with Crippen molar-refractivity contribution in [2.75, 3.05) is 5.32 Å². The highest BCUT2D eigenvalue weighted by atomic mass is 32.1. The molecule has 0 radical (unpaired) electrons. The second-order valence-corrected chi connectivity index (χ2v) is 4.84. The van der Waals surface area contributed by atoms with Crippen molar-refractivity contribution in [3.05, 3.63) is 55.1 Å². The van der Waals surface area contributed by atoms with Crippen molar-refractivity contribution >= 4 is 33.8 Å². The first-order valence-corrected chi connectivity index (χ1v) is 6.42. The van der Waals surface area contributed by atoms with Crippen molar-refractivity contribution in [2.45, 2.75) is 6.92 Å². The van der Waals surface area contributed by atoms with E-state index in [-0.39, 0.29) is 11.1 Å².